The van der Waals surface area contributed by atoms with Gasteiger partial charge in [0, 0.05) is 17.6 Å². The molecular weight excluding hydrogens is 362 g/mol. The molecule has 0 aliphatic carbocycles. The van der Waals surface area contributed by atoms with Crippen LogP contribution in [0.25, 0.3) is 0 Å². The van der Waals surface area contributed by atoms with Crippen molar-refractivity contribution in [3.05, 3.63) is 52.5 Å². The number of nitrogens with zero attached hydrogens (tertiary/aromatic N) is 1. The Kier molecular flexibility index (Phi) is 4.95. The molecule has 0 radical (unpaired) electrons. The van der Waals surface area contributed by atoms with Crippen LogP contribution in [0.1, 0.15) is 24.1 Å². The maximum absolute atomic E-state index is 13.0. The molecule has 134 valence electrons. The van der Waals surface area contributed by atoms with E-state index in [1.807, 2.05) is 19.1 Å². The average molecular weight is 382 g/mol. The highest BCUT2D eigenvalue weighted by atomic mass is 35.5. The van der Waals surface area contributed by atoms with Crippen LogP contribution in [0.2, 0.25) is 5.02 Å². The van der Waals surface area contributed by atoms with Gasteiger partial charge in [-0.3, -0.25) is 0 Å². The Hall–Kier alpha value is -1.76. The Morgan fingerprint density at radius 3 is 2.28 bits per heavy atom. The van der Waals surface area contributed by atoms with Gasteiger partial charge >= 0.3 is 0 Å². The molecule has 0 bridgehead atoms. The first kappa shape index (κ1) is 18.0. The van der Waals surface area contributed by atoms with Crippen molar-refractivity contribution in [2.24, 2.45) is 0 Å². The second kappa shape index (κ2) is 6.86. The molecule has 0 unspecified atom stereocenters. The zero-order valence-corrected chi connectivity index (χ0v) is 15.9. The lowest BCUT2D eigenvalue weighted by molar-refractivity contribution is 0.319. The molecule has 2 aromatic rings. The SMILES string of the molecule is COc1cc2c(cc1OC)[C@H](C)N(S(=O)(=O)c1ccc(Cl)cc1)CC2. The molecule has 3 rings (SSSR count). The number of ether oxygens (including phenoxy) is 2. The average Bonchev–Trinajstić information content (AvgIpc) is 2.61. The molecular formula is C18H20ClNO4S. The van der Waals surface area contributed by atoms with Crippen molar-refractivity contribution in [3.8, 4) is 11.5 Å². The Balaban J connectivity index is 2.01. The van der Waals surface area contributed by atoms with Crippen molar-refractivity contribution in [1.82, 2.24) is 4.31 Å². The van der Waals surface area contributed by atoms with E-state index in [9.17, 15) is 8.42 Å². The van der Waals surface area contributed by atoms with Crippen molar-refractivity contribution < 1.29 is 17.9 Å². The fourth-order valence-electron chi connectivity index (χ4n) is 3.19. The molecule has 2 aromatic carbocycles. The summed E-state index contributed by atoms with van der Waals surface area (Å²) in [6.45, 7) is 2.30. The lowest BCUT2D eigenvalue weighted by Gasteiger charge is -2.34. The molecule has 0 spiro atoms. The number of fused-ring (bicyclic) bond motifs is 1. The number of halogens is 1. The van der Waals surface area contributed by atoms with E-state index in [4.69, 9.17) is 21.1 Å². The first-order chi connectivity index (χ1) is 11.9. The maximum Gasteiger partial charge on any atom is 0.243 e. The summed E-state index contributed by atoms with van der Waals surface area (Å²) in [6.07, 6.45) is 0.618. The summed E-state index contributed by atoms with van der Waals surface area (Å²) < 4.78 is 38.3. The number of hydrogen-bond acceptors (Lipinski definition) is 4. The van der Waals surface area contributed by atoms with Crippen LogP contribution in [-0.4, -0.2) is 33.5 Å². The summed E-state index contributed by atoms with van der Waals surface area (Å²) in [6, 6.07) is 9.74. The predicted molar refractivity (Wildman–Crippen MR) is 97.0 cm³/mol. The first-order valence-electron chi connectivity index (χ1n) is 7.90. The standard InChI is InChI=1S/C18H20ClNO4S/c1-12-16-11-18(24-3)17(23-2)10-13(16)8-9-20(12)25(21,22)15-6-4-14(19)5-7-15/h4-7,10-12H,8-9H2,1-3H3/t12-/m0/s1. The third-order valence-electron chi connectivity index (χ3n) is 4.55. The Morgan fingerprint density at radius 1 is 1.08 bits per heavy atom. The van der Waals surface area contributed by atoms with Gasteiger partial charge in [-0.2, -0.15) is 4.31 Å². The molecule has 0 saturated heterocycles. The minimum absolute atomic E-state index is 0.243. The van der Waals surface area contributed by atoms with Gasteiger partial charge < -0.3 is 9.47 Å². The lowest BCUT2D eigenvalue weighted by atomic mass is 9.94. The largest absolute Gasteiger partial charge is 0.493 e. The number of sulfonamides is 1. The molecule has 1 aliphatic heterocycles. The van der Waals surface area contributed by atoms with Crippen molar-refractivity contribution in [3.63, 3.8) is 0 Å². The smallest absolute Gasteiger partial charge is 0.243 e. The highest BCUT2D eigenvalue weighted by Gasteiger charge is 2.34. The quantitative estimate of drug-likeness (QED) is 0.810. The highest BCUT2D eigenvalue weighted by Crippen LogP contribution is 2.39. The maximum atomic E-state index is 13.0. The molecule has 0 saturated carbocycles. The molecule has 5 nitrogen and oxygen atoms in total. The van der Waals surface area contributed by atoms with E-state index in [-0.39, 0.29) is 10.9 Å². The number of hydrogen-bond donors (Lipinski definition) is 0. The van der Waals surface area contributed by atoms with Crippen molar-refractivity contribution in [1.29, 1.82) is 0 Å². The molecule has 0 aromatic heterocycles. The van der Waals surface area contributed by atoms with Crippen LogP contribution in [-0.2, 0) is 16.4 Å². The number of methoxy groups -OCH3 is 2. The van der Waals surface area contributed by atoms with Gasteiger partial charge in [-0.1, -0.05) is 11.6 Å². The van der Waals surface area contributed by atoms with Crippen LogP contribution in [0.15, 0.2) is 41.3 Å². The van der Waals surface area contributed by atoms with Crippen molar-refractivity contribution in [2.45, 2.75) is 24.3 Å². The van der Waals surface area contributed by atoms with E-state index in [1.165, 1.54) is 16.4 Å². The summed E-state index contributed by atoms with van der Waals surface area (Å²) in [5.74, 6) is 1.25. The van der Waals surface area contributed by atoms with Crippen LogP contribution in [0.5, 0.6) is 11.5 Å². The molecule has 0 fully saturated rings. The zero-order chi connectivity index (χ0) is 18.2. The molecule has 1 heterocycles. The van der Waals surface area contributed by atoms with Crippen LogP contribution in [0, 0.1) is 0 Å². The van der Waals surface area contributed by atoms with E-state index in [0.29, 0.717) is 29.5 Å². The summed E-state index contributed by atoms with van der Waals surface area (Å²) in [5, 5.41) is 0.507. The van der Waals surface area contributed by atoms with E-state index in [1.54, 1.807) is 26.4 Å². The zero-order valence-electron chi connectivity index (χ0n) is 14.3. The van der Waals surface area contributed by atoms with E-state index < -0.39 is 10.0 Å². The minimum Gasteiger partial charge on any atom is -0.493 e. The summed E-state index contributed by atoms with van der Waals surface area (Å²) in [5.41, 5.74) is 2.01. The molecule has 0 amide bonds. The number of benzene rings is 2. The molecule has 25 heavy (non-hydrogen) atoms. The van der Waals surface area contributed by atoms with Crippen molar-refractivity contribution >= 4 is 21.6 Å². The van der Waals surface area contributed by atoms with Crippen LogP contribution < -0.4 is 9.47 Å². The summed E-state index contributed by atoms with van der Waals surface area (Å²) in [4.78, 5) is 0.243. The molecule has 1 aliphatic rings. The fourth-order valence-corrected chi connectivity index (χ4v) is 4.93. The Morgan fingerprint density at radius 2 is 1.68 bits per heavy atom. The van der Waals surface area contributed by atoms with Crippen LogP contribution >= 0.6 is 11.6 Å². The van der Waals surface area contributed by atoms with Gasteiger partial charge in [-0.25, -0.2) is 8.42 Å². The van der Waals surface area contributed by atoms with Gasteiger partial charge in [-0.05, 0) is 60.9 Å². The van der Waals surface area contributed by atoms with E-state index in [0.717, 1.165) is 11.1 Å². The third kappa shape index (κ3) is 3.21. The van der Waals surface area contributed by atoms with Gasteiger partial charge in [0.25, 0.3) is 0 Å². The van der Waals surface area contributed by atoms with Gasteiger partial charge in [0.2, 0.25) is 10.0 Å². The molecule has 1 atom stereocenters. The lowest BCUT2D eigenvalue weighted by Crippen LogP contribution is -2.38. The Labute approximate surface area is 153 Å². The van der Waals surface area contributed by atoms with Crippen LogP contribution in [0.3, 0.4) is 0 Å². The molecule has 0 N–H and O–H groups in total. The van der Waals surface area contributed by atoms with Gasteiger partial charge in [0.15, 0.2) is 11.5 Å². The predicted octanol–water partition coefficient (Wildman–Crippen LogP) is 3.67. The molecule has 7 heteroatoms. The summed E-state index contributed by atoms with van der Waals surface area (Å²) in [7, 11) is -0.443. The van der Waals surface area contributed by atoms with E-state index >= 15 is 0 Å². The monoisotopic (exact) mass is 381 g/mol. The third-order valence-corrected chi connectivity index (χ3v) is 6.79. The summed E-state index contributed by atoms with van der Waals surface area (Å²) >= 11 is 5.87. The van der Waals surface area contributed by atoms with Gasteiger partial charge in [0.1, 0.15) is 0 Å². The van der Waals surface area contributed by atoms with Crippen molar-refractivity contribution in [2.75, 3.05) is 20.8 Å². The normalized spacial score (nSPS) is 17.8. The second-order valence-corrected chi connectivity index (χ2v) is 8.23. The second-order valence-electron chi connectivity index (χ2n) is 5.90. The topological polar surface area (TPSA) is 55.8 Å². The Bertz CT molecular complexity index is 881. The van der Waals surface area contributed by atoms with Gasteiger partial charge in [0.05, 0.1) is 19.1 Å². The highest BCUT2D eigenvalue weighted by molar-refractivity contribution is 7.89. The fraction of sp³-hybridized carbons (Fsp3) is 0.333. The minimum atomic E-state index is -3.60. The van der Waals surface area contributed by atoms with Crippen LogP contribution in [0.4, 0.5) is 0 Å². The first-order valence-corrected chi connectivity index (χ1v) is 9.72. The van der Waals surface area contributed by atoms with Gasteiger partial charge in [-0.15, -0.1) is 0 Å². The van der Waals surface area contributed by atoms with E-state index in [2.05, 4.69) is 0 Å². The number of rotatable bonds is 4.